The molecule has 96 valence electrons. The van der Waals surface area contributed by atoms with Crippen molar-refractivity contribution in [2.24, 2.45) is 5.92 Å². The van der Waals surface area contributed by atoms with Crippen LogP contribution in [0.5, 0.6) is 0 Å². The van der Waals surface area contributed by atoms with Gasteiger partial charge in [0, 0.05) is 19.0 Å². The molecule has 0 spiro atoms. The first-order valence-corrected chi connectivity index (χ1v) is 5.83. The molecule has 0 radical (unpaired) electrons. The Morgan fingerprint density at radius 1 is 1.44 bits per heavy atom. The summed E-state index contributed by atoms with van der Waals surface area (Å²) in [5.74, 6) is -0.756. The molecule has 18 heavy (non-hydrogen) atoms. The summed E-state index contributed by atoms with van der Waals surface area (Å²) in [6, 6.07) is 3.78. The van der Waals surface area contributed by atoms with Crippen molar-refractivity contribution in [2.75, 3.05) is 19.6 Å². The van der Waals surface area contributed by atoms with E-state index in [1.165, 1.54) is 4.90 Å². The van der Waals surface area contributed by atoms with Crippen LogP contribution in [-0.2, 0) is 9.59 Å². The van der Waals surface area contributed by atoms with Crippen LogP contribution in [0, 0.1) is 28.6 Å². The second-order valence-corrected chi connectivity index (χ2v) is 4.55. The fraction of sp³-hybridized carbons (Fsp3) is 0.667. The maximum Gasteiger partial charge on any atom is 0.229 e. The lowest BCUT2D eigenvalue weighted by molar-refractivity contribution is -0.134. The predicted octanol–water partition coefficient (Wildman–Crippen LogP) is 0.119. The number of likely N-dealkylation sites (tertiary alicyclic amines) is 1. The minimum atomic E-state index is -0.429. The van der Waals surface area contributed by atoms with Gasteiger partial charge in [-0.3, -0.25) is 9.59 Å². The third-order valence-corrected chi connectivity index (χ3v) is 2.97. The topological polar surface area (TPSA) is 88.2 Å². The zero-order chi connectivity index (χ0) is 13.7. The Labute approximate surface area is 106 Å². The van der Waals surface area contributed by atoms with Gasteiger partial charge in [0.1, 0.15) is 13.1 Å². The maximum atomic E-state index is 12.1. The van der Waals surface area contributed by atoms with E-state index in [1.807, 2.05) is 26.0 Å². The Morgan fingerprint density at radius 3 is 2.39 bits per heavy atom. The molecule has 1 atom stereocenters. The molecular formula is C12H16N4O2. The van der Waals surface area contributed by atoms with Crippen LogP contribution >= 0.6 is 0 Å². The number of carbonyl (C=O) groups excluding carboxylic acids is 2. The molecule has 1 aliphatic rings. The highest BCUT2D eigenvalue weighted by Crippen LogP contribution is 2.21. The number of nitriles is 2. The number of carbonyl (C=O) groups is 2. The minimum absolute atomic E-state index is 0.0442. The van der Waals surface area contributed by atoms with Crippen LogP contribution in [0.2, 0.25) is 0 Å². The van der Waals surface area contributed by atoms with E-state index < -0.39 is 5.92 Å². The van der Waals surface area contributed by atoms with Crippen LogP contribution in [-0.4, -0.2) is 47.3 Å². The Kier molecular flexibility index (Phi) is 4.67. The molecule has 1 heterocycles. The van der Waals surface area contributed by atoms with Gasteiger partial charge < -0.3 is 9.80 Å². The second-order valence-electron chi connectivity index (χ2n) is 4.55. The monoisotopic (exact) mass is 248 g/mol. The summed E-state index contributed by atoms with van der Waals surface area (Å²) < 4.78 is 0. The molecule has 0 aromatic heterocycles. The van der Waals surface area contributed by atoms with Gasteiger partial charge in [0.2, 0.25) is 11.8 Å². The third-order valence-electron chi connectivity index (χ3n) is 2.97. The number of nitrogens with zero attached hydrogens (tertiary/aromatic N) is 4. The van der Waals surface area contributed by atoms with Gasteiger partial charge in [-0.2, -0.15) is 10.5 Å². The minimum Gasteiger partial charge on any atom is -0.339 e. The summed E-state index contributed by atoms with van der Waals surface area (Å²) in [5, 5.41) is 17.2. The first kappa shape index (κ1) is 14.0. The van der Waals surface area contributed by atoms with Crippen LogP contribution in [0.25, 0.3) is 0 Å². The molecule has 1 aliphatic heterocycles. The molecule has 6 heteroatoms. The first-order chi connectivity index (χ1) is 8.51. The zero-order valence-corrected chi connectivity index (χ0v) is 10.6. The summed E-state index contributed by atoms with van der Waals surface area (Å²) in [7, 11) is 0. The maximum absolute atomic E-state index is 12.1. The highest BCUT2D eigenvalue weighted by molar-refractivity contribution is 5.89. The molecular weight excluding hydrogens is 232 g/mol. The molecule has 0 N–H and O–H groups in total. The van der Waals surface area contributed by atoms with Gasteiger partial charge in [-0.15, -0.1) is 0 Å². The van der Waals surface area contributed by atoms with E-state index in [1.54, 1.807) is 4.90 Å². The Balaban J connectivity index is 2.71. The molecule has 0 aromatic carbocycles. The standard InChI is InChI=1S/C12H16N4O2/c1-9(2)16-8-10(7-11(16)17)12(18)15(5-3-13)6-4-14/h9-10H,5-8H2,1-2H3/t10-/m1/s1. The smallest absolute Gasteiger partial charge is 0.229 e. The van der Waals surface area contributed by atoms with Crippen molar-refractivity contribution in [1.29, 1.82) is 10.5 Å². The number of hydrogen-bond donors (Lipinski definition) is 0. The molecule has 0 unspecified atom stereocenters. The van der Waals surface area contributed by atoms with E-state index in [0.717, 1.165) is 0 Å². The lowest BCUT2D eigenvalue weighted by Gasteiger charge is -2.22. The van der Waals surface area contributed by atoms with Crippen LogP contribution < -0.4 is 0 Å². The summed E-state index contributed by atoms with van der Waals surface area (Å²) in [5.41, 5.74) is 0. The van der Waals surface area contributed by atoms with Gasteiger partial charge >= 0.3 is 0 Å². The van der Waals surface area contributed by atoms with Gasteiger partial charge in [-0.05, 0) is 13.8 Å². The lowest BCUT2D eigenvalue weighted by atomic mass is 10.1. The van der Waals surface area contributed by atoms with Gasteiger partial charge in [0.15, 0.2) is 0 Å². The van der Waals surface area contributed by atoms with E-state index in [4.69, 9.17) is 10.5 Å². The van der Waals surface area contributed by atoms with Crippen molar-refractivity contribution in [2.45, 2.75) is 26.3 Å². The largest absolute Gasteiger partial charge is 0.339 e. The molecule has 0 aliphatic carbocycles. The number of amides is 2. The highest BCUT2D eigenvalue weighted by Gasteiger charge is 2.37. The zero-order valence-electron chi connectivity index (χ0n) is 10.6. The van der Waals surface area contributed by atoms with Gasteiger partial charge in [-0.1, -0.05) is 0 Å². The first-order valence-electron chi connectivity index (χ1n) is 5.83. The van der Waals surface area contributed by atoms with E-state index in [-0.39, 0.29) is 37.4 Å². The predicted molar refractivity (Wildman–Crippen MR) is 62.8 cm³/mol. The summed E-state index contributed by atoms with van der Waals surface area (Å²) >= 11 is 0. The number of rotatable bonds is 4. The van der Waals surface area contributed by atoms with Gasteiger partial charge in [0.25, 0.3) is 0 Å². The van der Waals surface area contributed by atoms with Crippen molar-refractivity contribution in [3.63, 3.8) is 0 Å². The molecule has 0 saturated carbocycles. The quantitative estimate of drug-likeness (QED) is 0.661. The normalized spacial score (nSPS) is 18.6. The molecule has 6 nitrogen and oxygen atoms in total. The van der Waals surface area contributed by atoms with Gasteiger partial charge in [-0.25, -0.2) is 0 Å². The molecule has 1 fully saturated rings. The van der Waals surface area contributed by atoms with Crippen molar-refractivity contribution >= 4 is 11.8 Å². The fourth-order valence-electron chi connectivity index (χ4n) is 2.04. The van der Waals surface area contributed by atoms with Crippen LogP contribution in [0.4, 0.5) is 0 Å². The Bertz CT molecular complexity index is 403. The van der Waals surface area contributed by atoms with E-state index in [9.17, 15) is 9.59 Å². The van der Waals surface area contributed by atoms with Crippen LogP contribution in [0.15, 0.2) is 0 Å². The Morgan fingerprint density at radius 2 is 2.00 bits per heavy atom. The van der Waals surface area contributed by atoms with E-state index in [2.05, 4.69) is 0 Å². The van der Waals surface area contributed by atoms with Gasteiger partial charge in [0.05, 0.1) is 18.1 Å². The lowest BCUT2D eigenvalue weighted by Crippen LogP contribution is -2.39. The van der Waals surface area contributed by atoms with Crippen molar-refractivity contribution < 1.29 is 9.59 Å². The number of hydrogen-bond acceptors (Lipinski definition) is 4. The van der Waals surface area contributed by atoms with Crippen molar-refractivity contribution in [1.82, 2.24) is 9.80 Å². The van der Waals surface area contributed by atoms with Crippen molar-refractivity contribution in [3.8, 4) is 12.1 Å². The molecule has 2 amide bonds. The van der Waals surface area contributed by atoms with Crippen LogP contribution in [0.1, 0.15) is 20.3 Å². The SMILES string of the molecule is CC(C)N1C[C@H](C(=O)N(CC#N)CC#N)CC1=O. The fourth-order valence-corrected chi connectivity index (χ4v) is 2.04. The molecule has 0 bridgehead atoms. The summed E-state index contributed by atoms with van der Waals surface area (Å²) in [4.78, 5) is 26.6. The second kappa shape index (κ2) is 6.02. The third kappa shape index (κ3) is 2.98. The average Bonchev–Trinajstić information content (AvgIpc) is 2.70. The summed E-state index contributed by atoms with van der Waals surface area (Å²) in [6.45, 7) is 3.94. The molecule has 0 aromatic rings. The molecule has 1 saturated heterocycles. The summed E-state index contributed by atoms with van der Waals surface area (Å²) in [6.07, 6.45) is 0.171. The van der Waals surface area contributed by atoms with E-state index >= 15 is 0 Å². The van der Waals surface area contributed by atoms with Crippen molar-refractivity contribution in [3.05, 3.63) is 0 Å². The molecule has 1 rings (SSSR count). The average molecular weight is 248 g/mol. The van der Waals surface area contributed by atoms with Crippen LogP contribution in [0.3, 0.4) is 0 Å². The highest BCUT2D eigenvalue weighted by atomic mass is 16.2. The Hall–Kier alpha value is -2.08. The van der Waals surface area contributed by atoms with E-state index in [0.29, 0.717) is 6.54 Å².